The minimum Gasteiger partial charge on any atom is -0.388 e. The van der Waals surface area contributed by atoms with Gasteiger partial charge in [-0.3, -0.25) is 9.67 Å². The second kappa shape index (κ2) is 4.13. The Hall–Kier alpha value is -1.84. The Morgan fingerprint density at radius 2 is 2.20 bits per heavy atom. The maximum atomic E-state index is 4.30. The molecule has 2 heterocycles. The maximum absolute atomic E-state index is 4.30. The molecule has 2 aromatic rings. The van der Waals surface area contributed by atoms with Crippen molar-refractivity contribution in [2.75, 3.05) is 12.4 Å². The molecule has 0 saturated carbocycles. The van der Waals surface area contributed by atoms with E-state index in [0.717, 1.165) is 17.1 Å². The lowest BCUT2D eigenvalue weighted by Gasteiger charge is -2.05. The van der Waals surface area contributed by atoms with Crippen molar-refractivity contribution in [3.63, 3.8) is 0 Å². The third-order valence-corrected chi connectivity index (χ3v) is 2.35. The molecule has 0 spiro atoms. The molecule has 0 aromatic carbocycles. The van der Waals surface area contributed by atoms with Gasteiger partial charge in [0.15, 0.2) is 0 Å². The highest BCUT2D eigenvalue weighted by Crippen LogP contribution is 2.08. The number of aromatic nitrogens is 3. The lowest BCUT2D eigenvalue weighted by atomic mass is 10.3. The number of nitrogens with one attached hydrogen (secondary N) is 1. The number of hydrogen-bond donors (Lipinski definition) is 1. The van der Waals surface area contributed by atoms with E-state index in [-0.39, 0.29) is 0 Å². The van der Waals surface area contributed by atoms with Gasteiger partial charge in [-0.1, -0.05) is 0 Å². The SMILES string of the molecule is CNc1ccnc(Cn2nccc2C)c1. The number of pyridine rings is 1. The van der Waals surface area contributed by atoms with Gasteiger partial charge in [-0.25, -0.2) is 0 Å². The van der Waals surface area contributed by atoms with E-state index in [2.05, 4.69) is 15.4 Å². The first-order valence-corrected chi connectivity index (χ1v) is 4.90. The lowest BCUT2D eigenvalue weighted by Crippen LogP contribution is -2.05. The maximum Gasteiger partial charge on any atom is 0.0835 e. The predicted molar refractivity (Wildman–Crippen MR) is 59.8 cm³/mol. The molecule has 0 aliphatic heterocycles. The molecule has 0 fully saturated rings. The van der Waals surface area contributed by atoms with E-state index in [4.69, 9.17) is 0 Å². The average Bonchev–Trinajstić information content (AvgIpc) is 2.65. The summed E-state index contributed by atoms with van der Waals surface area (Å²) >= 11 is 0. The Morgan fingerprint density at radius 3 is 2.87 bits per heavy atom. The van der Waals surface area contributed by atoms with Crippen molar-refractivity contribution in [1.29, 1.82) is 0 Å². The average molecular weight is 202 g/mol. The molecule has 0 aliphatic rings. The van der Waals surface area contributed by atoms with Crippen molar-refractivity contribution < 1.29 is 0 Å². The number of aryl methyl sites for hydroxylation is 1. The summed E-state index contributed by atoms with van der Waals surface area (Å²) in [7, 11) is 1.90. The second-order valence-electron chi connectivity index (χ2n) is 3.42. The number of rotatable bonds is 3. The number of anilines is 1. The molecule has 0 amide bonds. The fraction of sp³-hybridized carbons (Fsp3) is 0.273. The van der Waals surface area contributed by atoms with Crippen LogP contribution in [0, 0.1) is 6.92 Å². The van der Waals surface area contributed by atoms with Gasteiger partial charge in [0.05, 0.1) is 12.2 Å². The number of nitrogens with zero attached hydrogens (tertiary/aromatic N) is 3. The molecule has 2 rings (SSSR count). The Morgan fingerprint density at radius 1 is 1.33 bits per heavy atom. The number of hydrogen-bond acceptors (Lipinski definition) is 3. The van der Waals surface area contributed by atoms with Crippen LogP contribution >= 0.6 is 0 Å². The van der Waals surface area contributed by atoms with Crippen LogP contribution in [0.5, 0.6) is 0 Å². The minimum absolute atomic E-state index is 0.717. The summed E-state index contributed by atoms with van der Waals surface area (Å²) in [5.74, 6) is 0. The van der Waals surface area contributed by atoms with Crippen LogP contribution in [0.3, 0.4) is 0 Å². The highest BCUT2D eigenvalue weighted by Gasteiger charge is 2.00. The van der Waals surface area contributed by atoms with Crippen LogP contribution in [0.1, 0.15) is 11.4 Å². The van der Waals surface area contributed by atoms with Gasteiger partial charge in [0.1, 0.15) is 0 Å². The van der Waals surface area contributed by atoms with E-state index < -0.39 is 0 Å². The Bertz CT molecular complexity index is 447. The van der Waals surface area contributed by atoms with E-state index in [1.54, 1.807) is 12.4 Å². The fourth-order valence-corrected chi connectivity index (χ4v) is 1.44. The molecule has 0 bridgehead atoms. The fourth-order valence-electron chi connectivity index (χ4n) is 1.44. The highest BCUT2D eigenvalue weighted by atomic mass is 15.3. The van der Waals surface area contributed by atoms with Gasteiger partial charge >= 0.3 is 0 Å². The first-order valence-electron chi connectivity index (χ1n) is 4.90. The van der Waals surface area contributed by atoms with Crippen molar-refractivity contribution in [2.45, 2.75) is 13.5 Å². The van der Waals surface area contributed by atoms with Gasteiger partial charge in [-0.15, -0.1) is 0 Å². The summed E-state index contributed by atoms with van der Waals surface area (Å²) in [6.45, 7) is 2.75. The summed E-state index contributed by atoms with van der Waals surface area (Å²) in [5, 5.41) is 7.31. The molecular formula is C11H14N4. The molecule has 15 heavy (non-hydrogen) atoms. The van der Waals surface area contributed by atoms with E-state index >= 15 is 0 Å². The molecule has 4 nitrogen and oxygen atoms in total. The molecular weight excluding hydrogens is 188 g/mol. The third kappa shape index (κ3) is 2.15. The second-order valence-corrected chi connectivity index (χ2v) is 3.42. The summed E-state index contributed by atoms with van der Waals surface area (Å²) in [6, 6.07) is 5.96. The third-order valence-electron chi connectivity index (χ3n) is 2.35. The topological polar surface area (TPSA) is 42.7 Å². The Kier molecular flexibility index (Phi) is 2.67. The first-order chi connectivity index (χ1) is 7.29. The molecule has 1 N–H and O–H groups in total. The molecule has 78 valence electrons. The van der Waals surface area contributed by atoms with Gasteiger partial charge in [0, 0.05) is 30.8 Å². The Labute approximate surface area is 89.0 Å². The van der Waals surface area contributed by atoms with Crippen LogP contribution in [0.15, 0.2) is 30.6 Å². The van der Waals surface area contributed by atoms with Crippen LogP contribution in [0.2, 0.25) is 0 Å². The normalized spacial score (nSPS) is 10.3. The predicted octanol–water partition coefficient (Wildman–Crippen LogP) is 1.68. The quantitative estimate of drug-likeness (QED) is 0.823. The van der Waals surface area contributed by atoms with E-state index in [9.17, 15) is 0 Å². The molecule has 2 aromatic heterocycles. The van der Waals surface area contributed by atoms with E-state index in [0.29, 0.717) is 6.54 Å². The van der Waals surface area contributed by atoms with Crippen molar-refractivity contribution in [3.05, 3.63) is 42.0 Å². The zero-order chi connectivity index (χ0) is 10.7. The molecule has 4 heteroatoms. The summed E-state index contributed by atoms with van der Waals surface area (Å²) in [4.78, 5) is 4.30. The Balaban J connectivity index is 2.21. The molecule has 0 unspecified atom stereocenters. The molecule has 0 atom stereocenters. The largest absolute Gasteiger partial charge is 0.388 e. The van der Waals surface area contributed by atoms with Gasteiger partial charge in [0.2, 0.25) is 0 Å². The summed E-state index contributed by atoms with van der Waals surface area (Å²) < 4.78 is 1.93. The minimum atomic E-state index is 0.717. The van der Waals surface area contributed by atoms with Crippen LogP contribution in [-0.2, 0) is 6.54 Å². The van der Waals surface area contributed by atoms with Gasteiger partial charge in [-0.05, 0) is 25.1 Å². The van der Waals surface area contributed by atoms with Gasteiger partial charge < -0.3 is 5.32 Å². The summed E-state index contributed by atoms with van der Waals surface area (Å²) in [5.41, 5.74) is 3.23. The zero-order valence-corrected chi connectivity index (χ0v) is 8.94. The standard InChI is InChI=1S/C11H14N4/c1-9-3-6-14-15(9)8-11-7-10(12-2)4-5-13-11/h3-7H,8H2,1-2H3,(H,12,13). The molecule has 0 aliphatic carbocycles. The van der Waals surface area contributed by atoms with Crippen LogP contribution in [0.25, 0.3) is 0 Å². The van der Waals surface area contributed by atoms with Crippen molar-refractivity contribution in [2.24, 2.45) is 0 Å². The molecule has 0 saturated heterocycles. The van der Waals surface area contributed by atoms with Crippen molar-refractivity contribution in [3.8, 4) is 0 Å². The van der Waals surface area contributed by atoms with Crippen LogP contribution in [0.4, 0.5) is 5.69 Å². The zero-order valence-electron chi connectivity index (χ0n) is 8.94. The molecule has 0 radical (unpaired) electrons. The first kappa shape index (κ1) is 9.71. The van der Waals surface area contributed by atoms with Gasteiger partial charge in [-0.2, -0.15) is 5.10 Å². The monoisotopic (exact) mass is 202 g/mol. The smallest absolute Gasteiger partial charge is 0.0835 e. The van der Waals surface area contributed by atoms with E-state index in [1.165, 1.54) is 0 Å². The summed E-state index contributed by atoms with van der Waals surface area (Å²) in [6.07, 6.45) is 3.61. The van der Waals surface area contributed by atoms with Crippen LogP contribution < -0.4 is 5.32 Å². The van der Waals surface area contributed by atoms with Crippen molar-refractivity contribution >= 4 is 5.69 Å². The lowest BCUT2D eigenvalue weighted by molar-refractivity contribution is 0.653. The van der Waals surface area contributed by atoms with Crippen molar-refractivity contribution in [1.82, 2.24) is 14.8 Å². The van der Waals surface area contributed by atoms with Crippen LogP contribution in [-0.4, -0.2) is 21.8 Å². The highest BCUT2D eigenvalue weighted by molar-refractivity contribution is 5.42. The van der Waals surface area contributed by atoms with E-state index in [1.807, 2.05) is 36.9 Å². The van der Waals surface area contributed by atoms with Gasteiger partial charge in [0.25, 0.3) is 0 Å².